The Morgan fingerprint density at radius 2 is 2.00 bits per heavy atom. The summed E-state index contributed by atoms with van der Waals surface area (Å²) < 4.78 is 0. The summed E-state index contributed by atoms with van der Waals surface area (Å²) >= 11 is 0. The molecule has 1 atom stereocenters. The van der Waals surface area contributed by atoms with Crippen molar-refractivity contribution in [3.8, 4) is 0 Å². The fourth-order valence-corrected chi connectivity index (χ4v) is 2.71. The molecular weight excluding hydrogens is 264 g/mol. The van der Waals surface area contributed by atoms with Gasteiger partial charge in [-0.2, -0.15) is 0 Å². The zero-order valence-corrected chi connectivity index (χ0v) is 12.0. The molecule has 0 radical (unpaired) electrons. The lowest BCUT2D eigenvalue weighted by Gasteiger charge is -2.24. The van der Waals surface area contributed by atoms with E-state index in [0.717, 1.165) is 19.3 Å². The Hall–Kier alpha value is -2.20. The molecule has 1 aromatic carbocycles. The first-order valence-corrected chi connectivity index (χ1v) is 7.24. The van der Waals surface area contributed by atoms with Crippen LogP contribution in [0.2, 0.25) is 0 Å². The molecule has 0 aliphatic carbocycles. The van der Waals surface area contributed by atoms with Crippen LogP contribution in [0.25, 0.3) is 0 Å². The molecule has 0 fully saturated rings. The van der Waals surface area contributed by atoms with E-state index in [-0.39, 0.29) is 5.91 Å². The average Bonchev–Trinajstić information content (AvgIpc) is 2.79. The molecule has 1 aromatic heterocycles. The minimum Gasteiger partial charge on any atom is -0.363 e. The van der Waals surface area contributed by atoms with E-state index in [2.05, 4.69) is 17.2 Å². The maximum atomic E-state index is 12.0. The summed E-state index contributed by atoms with van der Waals surface area (Å²) in [5, 5.41) is 13.5. The van der Waals surface area contributed by atoms with Gasteiger partial charge in [-0.25, -0.2) is 0 Å². The lowest BCUT2D eigenvalue weighted by Crippen LogP contribution is -2.40. The molecule has 1 aliphatic heterocycles. The largest absolute Gasteiger partial charge is 0.363 e. The van der Waals surface area contributed by atoms with Crippen molar-refractivity contribution in [1.29, 1.82) is 0 Å². The van der Waals surface area contributed by atoms with Gasteiger partial charge in [0, 0.05) is 23.5 Å². The third-order valence-electron chi connectivity index (χ3n) is 3.94. The molecule has 108 valence electrons. The number of hydrogen-bond donors (Lipinski definition) is 2. The van der Waals surface area contributed by atoms with E-state index in [1.165, 1.54) is 11.8 Å². The predicted octanol–water partition coefficient (Wildman–Crippen LogP) is 2.36. The van der Waals surface area contributed by atoms with Gasteiger partial charge in [0.2, 0.25) is 0 Å². The first-order valence-electron chi connectivity index (χ1n) is 7.24. The monoisotopic (exact) mass is 282 g/mol. The van der Waals surface area contributed by atoms with Crippen LogP contribution in [-0.2, 0) is 12.1 Å². The second kappa shape index (κ2) is 5.30. The summed E-state index contributed by atoms with van der Waals surface area (Å²) in [5.74, 6) is -0.296. The standard InChI is InChI=1S/C17H18N2O2/c1-2-3-4-12-5-7-13(8-6-12)17(21)15-9-10-18-11-14(15)16(20)19-17/h5-11,21H,2-4H2,1H3,(H,19,20). The van der Waals surface area contributed by atoms with Crippen LogP contribution in [0.5, 0.6) is 0 Å². The van der Waals surface area contributed by atoms with Crippen molar-refractivity contribution in [1.82, 2.24) is 10.3 Å². The van der Waals surface area contributed by atoms with Crippen LogP contribution >= 0.6 is 0 Å². The SMILES string of the molecule is CCCCc1ccc(C2(O)NC(=O)c3cnccc32)cc1. The maximum Gasteiger partial charge on any atom is 0.256 e. The van der Waals surface area contributed by atoms with Gasteiger partial charge in [0.15, 0.2) is 5.72 Å². The van der Waals surface area contributed by atoms with Crippen molar-refractivity contribution in [2.24, 2.45) is 0 Å². The van der Waals surface area contributed by atoms with E-state index in [1.54, 1.807) is 12.3 Å². The van der Waals surface area contributed by atoms with Crippen LogP contribution in [-0.4, -0.2) is 16.0 Å². The van der Waals surface area contributed by atoms with Crippen molar-refractivity contribution >= 4 is 5.91 Å². The molecule has 4 heteroatoms. The van der Waals surface area contributed by atoms with Gasteiger partial charge in [-0.05, 0) is 24.5 Å². The summed E-state index contributed by atoms with van der Waals surface area (Å²) in [7, 11) is 0. The summed E-state index contributed by atoms with van der Waals surface area (Å²) in [6, 6.07) is 9.45. The molecular formula is C17H18N2O2. The number of carbonyl (C=O) groups is 1. The van der Waals surface area contributed by atoms with Crippen LogP contribution in [0.3, 0.4) is 0 Å². The van der Waals surface area contributed by atoms with Crippen LogP contribution < -0.4 is 5.32 Å². The number of nitrogens with one attached hydrogen (secondary N) is 1. The number of rotatable bonds is 4. The molecule has 2 heterocycles. The topological polar surface area (TPSA) is 62.2 Å². The van der Waals surface area contributed by atoms with E-state index in [4.69, 9.17) is 0 Å². The number of fused-ring (bicyclic) bond motifs is 1. The second-order valence-electron chi connectivity index (χ2n) is 5.39. The average molecular weight is 282 g/mol. The number of aryl methyl sites for hydroxylation is 1. The van der Waals surface area contributed by atoms with Crippen molar-refractivity contribution in [2.75, 3.05) is 0 Å². The van der Waals surface area contributed by atoms with Gasteiger partial charge >= 0.3 is 0 Å². The Labute approximate surface area is 123 Å². The Bertz CT molecular complexity index is 667. The van der Waals surface area contributed by atoms with Gasteiger partial charge in [-0.15, -0.1) is 0 Å². The number of nitrogens with zero attached hydrogens (tertiary/aromatic N) is 1. The highest BCUT2D eigenvalue weighted by molar-refractivity contribution is 6.00. The Balaban J connectivity index is 1.95. The van der Waals surface area contributed by atoms with Gasteiger partial charge in [-0.3, -0.25) is 9.78 Å². The second-order valence-corrected chi connectivity index (χ2v) is 5.39. The third-order valence-corrected chi connectivity index (χ3v) is 3.94. The normalized spacial score (nSPS) is 20.2. The molecule has 1 amide bonds. The lowest BCUT2D eigenvalue weighted by molar-refractivity contribution is 0.0476. The fraction of sp³-hybridized carbons (Fsp3) is 0.294. The summed E-state index contributed by atoms with van der Waals surface area (Å²) in [6.45, 7) is 2.16. The number of amides is 1. The molecule has 1 unspecified atom stereocenters. The fourth-order valence-electron chi connectivity index (χ4n) is 2.71. The smallest absolute Gasteiger partial charge is 0.256 e. The van der Waals surface area contributed by atoms with E-state index in [1.807, 2.05) is 24.3 Å². The number of carbonyl (C=O) groups excluding carboxylic acids is 1. The van der Waals surface area contributed by atoms with Crippen LogP contribution in [0, 0.1) is 0 Å². The number of benzene rings is 1. The summed E-state index contributed by atoms with van der Waals surface area (Å²) in [6.07, 6.45) is 6.40. The van der Waals surface area contributed by atoms with Crippen LogP contribution in [0.4, 0.5) is 0 Å². The zero-order chi connectivity index (χ0) is 14.9. The van der Waals surface area contributed by atoms with Crippen molar-refractivity contribution < 1.29 is 9.90 Å². The highest BCUT2D eigenvalue weighted by atomic mass is 16.3. The molecule has 0 spiro atoms. The molecule has 2 N–H and O–H groups in total. The molecule has 4 nitrogen and oxygen atoms in total. The Morgan fingerprint density at radius 1 is 1.24 bits per heavy atom. The Morgan fingerprint density at radius 3 is 2.71 bits per heavy atom. The first-order chi connectivity index (χ1) is 10.1. The number of aliphatic hydroxyl groups is 1. The molecule has 0 bridgehead atoms. The van der Waals surface area contributed by atoms with E-state index >= 15 is 0 Å². The minimum atomic E-state index is -1.46. The van der Waals surface area contributed by atoms with Gasteiger partial charge in [0.1, 0.15) is 0 Å². The summed E-state index contributed by atoms with van der Waals surface area (Å²) in [4.78, 5) is 15.9. The molecule has 0 saturated carbocycles. The number of aromatic nitrogens is 1. The highest BCUT2D eigenvalue weighted by Crippen LogP contribution is 2.34. The van der Waals surface area contributed by atoms with Crippen LogP contribution in [0.1, 0.15) is 46.8 Å². The predicted molar refractivity (Wildman–Crippen MR) is 79.8 cm³/mol. The van der Waals surface area contributed by atoms with E-state index in [0.29, 0.717) is 16.7 Å². The maximum absolute atomic E-state index is 12.0. The quantitative estimate of drug-likeness (QED) is 0.905. The molecule has 1 aliphatic rings. The highest BCUT2D eigenvalue weighted by Gasteiger charge is 2.42. The molecule has 0 saturated heterocycles. The lowest BCUT2D eigenvalue weighted by atomic mass is 9.94. The van der Waals surface area contributed by atoms with Gasteiger partial charge in [0.25, 0.3) is 5.91 Å². The third kappa shape index (κ3) is 2.32. The first kappa shape index (κ1) is 13.8. The number of hydrogen-bond acceptors (Lipinski definition) is 3. The van der Waals surface area contributed by atoms with Crippen molar-refractivity contribution in [2.45, 2.75) is 31.9 Å². The van der Waals surface area contributed by atoms with Crippen molar-refractivity contribution in [3.63, 3.8) is 0 Å². The number of pyridine rings is 1. The van der Waals surface area contributed by atoms with Crippen LogP contribution in [0.15, 0.2) is 42.7 Å². The molecule has 21 heavy (non-hydrogen) atoms. The van der Waals surface area contributed by atoms with Gasteiger partial charge in [0.05, 0.1) is 5.56 Å². The van der Waals surface area contributed by atoms with Gasteiger partial charge in [-0.1, -0.05) is 37.6 Å². The van der Waals surface area contributed by atoms with Gasteiger partial charge < -0.3 is 10.4 Å². The minimum absolute atomic E-state index is 0.296. The van der Waals surface area contributed by atoms with E-state index < -0.39 is 5.72 Å². The van der Waals surface area contributed by atoms with Crippen molar-refractivity contribution in [3.05, 3.63) is 65.0 Å². The molecule has 2 aromatic rings. The summed E-state index contributed by atoms with van der Waals surface area (Å²) in [5.41, 5.74) is 1.43. The number of unbranched alkanes of at least 4 members (excludes halogenated alkanes) is 1. The molecule has 3 rings (SSSR count). The Kier molecular flexibility index (Phi) is 3.47. The zero-order valence-electron chi connectivity index (χ0n) is 12.0. The van der Waals surface area contributed by atoms with E-state index in [9.17, 15) is 9.90 Å².